The molecule has 1 fully saturated rings. The SMILES string of the molecule is CC(C)(C)CN1CCC(C(=O)Cc2cc3cc(-c4cn[nH]c4)ccc3cn2)CC1. The van der Waals surface area contributed by atoms with E-state index in [0.29, 0.717) is 17.6 Å². The molecule has 0 amide bonds. The number of carbonyl (C=O) groups excluding carboxylic acids is 1. The summed E-state index contributed by atoms with van der Waals surface area (Å²) in [7, 11) is 0. The van der Waals surface area contributed by atoms with Crippen molar-refractivity contribution in [2.24, 2.45) is 11.3 Å². The van der Waals surface area contributed by atoms with Gasteiger partial charge in [-0.05, 0) is 54.4 Å². The van der Waals surface area contributed by atoms with Gasteiger partial charge in [-0.2, -0.15) is 5.10 Å². The topological polar surface area (TPSA) is 61.9 Å². The molecule has 0 aliphatic carbocycles. The zero-order valence-corrected chi connectivity index (χ0v) is 17.6. The van der Waals surface area contributed by atoms with Gasteiger partial charge in [-0.15, -0.1) is 0 Å². The number of pyridine rings is 1. The van der Waals surface area contributed by atoms with Crippen LogP contribution in [0.25, 0.3) is 21.9 Å². The van der Waals surface area contributed by atoms with Crippen molar-refractivity contribution in [2.45, 2.75) is 40.0 Å². The van der Waals surface area contributed by atoms with Crippen LogP contribution >= 0.6 is 0 Å². The van der Waals surface area contributed by atoms with Crippen LogP contribution in [-0.4, -0.2) is 45.5 Å². The molecule has 2 aromatic heterocycles. The molecule has 1 saturated heterocycles. The lowest BCUT2D eigenvalue weighted by Gasteiger charge is -2.35. The monoisotopic (exact) mass is 390 g/mol. The van der Waals surface area contributed by atoms with Crippen molar-refractivity contribution in [3.05, 3.63) is 48.5 Å². The van der Waals surface area contributed by atoms with Gasteiger partial charge in [0.25, 0.3) is 0 Å². The van der Waals surface area contributed by atoms with Gasteiger partial charge in [0.05, 0.1) is 6.20 Å². The number of H-pyrrole nitrogens is 1. The normalized spacial score (nSPS) is 16.4. The van der Waals surface area contributed by atoms with E-state index in [0.717, 1.165) is 60.1 Å². The number of benzene rings is 1. The first-order valence-corrected chi connectivity index (χ1v) is 10.5. The number of fused-ring (bicyclic) bond motifs is 1. The van der Waals surface area contributed by atoms with Crippen LogP contribution in [0.4, 0.5) is 0 Å². The molecule has 1 aliphatic heterocycles. The van der Waals surface area contributed by atoms with Gasteiger partial charge in [-0.1, -0.05) is 32.9 Å². The summed E-state index contributed by atoms with van der Waals surface area (Å²) in [5.41, 5.74) is 3.34. The molecule has 5 heteroatoms. The minimum Gasteiger partial charge on any atom is -0.303 e. The maximum atomic E-state index is 12.9. The third kappa shape index (κ3) is 4.91. The van der Waals surface area contributed by atoms with E-state index in [2.05, 4.69) is 65.1 Å². The molecular weight excluding hydrogens is 360 g/mol. The number of hydrogen-bond donors (Lipinski definition) is 1. The summed E-state index contributed by atoms with van der Waals surface area (Å²) in [6.07, 6.45) is 7.94. The van der Waals surface area contributed by atoms with Crippen molar-refractivity contribution in [3.63, 3.8) is 0 Å². The fourth-order valence-corrected chi connectivity index (χ4v) is 4.28. The van der Waals surface area contributed by atoms with Gasteiger partial charge in [-0.3, -0.25) is 14.9 Å². The lowest BCUT2D eigenvalue weighted by Crippen LogP contribution is -2.40. The number of nitrogens with zero attached hydrogens (tertiary/aromatic N) is 3. The maximum Gasteiger partial charge on any atom is 0.142 e. The number of aromatic nitrogens is 3. The predicted molar refractivity (Wildman–Crippen MR) is 117 cm³/mol. The average molecular weight is 391 g/mol. The Balaban J connectivity index is 1.42. The first kappa shape index (κ1) is 19.8. The van der Waals surface area contributed by atoms with Crippen LogP contribution in [0.5, 0.6) is 0 Å². The molecule has 3 aromatic rings. The number of likely N-dealkylation sites (tertiary alicyclic amines) is 1. The summed E-state index contributed by atoms with van der Waals surface area (Å²) in [5.74, 6) is 0.499. The molecule has 29 heavy (non-hydrogen) atoms. The Morgan fingerprint density at radius 1 is 1.10 bits per heavy atom. The molecule has 0 radical (unpaired) electrons. The lowest BCUT2D eigenvalue weighted by atomic mass is 9.88. The van der Waals surface area contributed by atoms with Crippen LogP contribution in [0, 0.1) is 11.3 Å². The zero-order chi connectivity index (χ0) is 20.4. The third-order valence-corrected chi connectivity index (χ3v) is 5.71. The summed E-state index contributed by atoms with van der Waals surface area (Å²) < 4.78 is 0. The van der Waals surface area contributed by atoms with Crippen molar-refractivity contribution in [1.29, 1.82) is 0 Å². The number of hydrogen-bond acceptors (Lipinski definition) is 4. The molecule has 152 valence electrons. The Kier molecular flexibility index (Phi) is 5.50. The molecule has 0 saturated carbocycles. The molecule has 0 spiro atoms. The van der Waals surface area contributed by atoms with Gasteiger partial charge in [0.2, 0.25) is 0 Å². The largest absolute Gasteiger partial charge is 0.303 e. The Hall–Kier alpha value is -2.53. The fourth-order valence-electron chi connectivity index (χ4n) is 4.28. The molecular formula is C24H30N4O. The number of nitrogens with one attached hydrogen (secondary N) is 1. The zero-order valence-electron chi connectivity index (χ0n) is 17.6. The summed E-state index contributed by atoms with van der Waals surface area (Å²) in [4.78, 5) is 19.9. The van der Waals surface area contributed by atoms with Crippen molar-refractivity contribution >= 4 is 16.6 Å². The number of Topliss-reactive ketones (excluding diaryl/α,β-unsaturated/α-hetero) is 1. The smallest absolute Gasteiger partial charge is 0.142 e. The predicted octanol–water partition coefficient (Wildman–Crippen LogP) is 4.49. The van der Waals surface area contributed by atoms with Gasteiger partial charge in [0.15, 0.2) is 0 Å². The summed E-state index contributed by atoms with van der Waals surface area (Å²) >= 11 is 0. The molecule has 0 atom stereocenters. The highest BCUT2D eigenvalue weighted by Crippen LogP contribution is 2.26. The third-order valence-electron chi connectivity index (χ3n) is 5.71. The first-order valence-electron chi connectivity index (χ1n) is 10.5. The Morgan fingerprint density at radius 3 is 2.59 bits per heavy atom. The average Bonchev–Trinajstić information content (AvgIpc) is 3.21. The first-order chi connectivity index (χ1) is 13.9. The van der Waals surface area contributed by atoms with E-state index < -0.39 is 0 Å². The van der Waals surface area contributed by atoms with Gasteiger partial charge in [0, 0.05) is 47.9 Å². The van der Waals surface area contributed by atoms with E-state index >= 15 is 0 Å². The van der Waals surface area contributed by atoms with Crippen LogP contribution < -0.4 is 0 Å². The highest BCUT2D eigenvalue weighted by atomic mass is 16.1. The number of piperidine rings is 1. The number of aromatic amines is 1. The van der Waals surface area contributed by atoms with Crippen LogP contribution in [0.1, 0.15) is 39.3 Å². The quantitative estimate of drug-likeness (QED) is 0.697. The van der Waals surface area contributed by atoms with E-state index in [1.165, 1.54) is 0 Å². The highest BCUT2D eigenvalue weighted by molar-refractivity contribution is 5.88. The maximum absolute atomic E-state index is 12.9. The molecule has 4 rings (SSSR count). The standard InChI is InChI=1S/C24H30N4O/c1-24(2,3)16-28-8-6-17(7-9-28)23(29)12-22-11-20-10-18(21-14-26-27-15-21)4-5-19(20)13-25-22/h4-5,10-11,13-15,17H,6-9,12,16H2,1-3H3,(H,26,27). The molecule has 0 unspecified atom stereocenters. The van der Waals surface area contributed by atoms with Gasteiger partial charge >= 0.3 is 0 Å². The minimum atomic E-state index is 0.168. The van der Waals surface area contributed by atoms with E-state index in [9.17, 15) is 4.79 Å². The second kappa shape index (κ2) is 8.07. The van der Waals surface area contributed by atoms with E-state index in [4.69, 9.17) is 0 Å². The van der Waals surface area contributed by atoms with Crippen LogP contribution in [0.2, 0.25) is 0 Å². The van der Waals surface area contributed by atoms with E-state index in [1.807, 2.05) is 18.6 Å². The van der Waals surface area contributed by atoms with Crippen molar-refractivity contribution in [3.8, 4) is 11.1 Å². The lowest BCUT2D eigenvalue weighted by molar-refractivity contribution is -0.123. The van der Waals surface area contributed by atoms with Crippen LogP contribution in [-0.2, 0) is 11.2 Å². The minimum absolute atomic E-state index is 0.168. The summed E-state index contributed by atoms with van der Waals surface area (Å²) in [6, 6.07) is 8.35. The van der Waals surface area contributed by atoms with Crippen molar-refractivity contribution in [2.75, 3.05) is 19.6 Å². The van der Waals surface area contributed by atoms with Crippen LogP contribution in [0.15, 0.2) is 42.9 Å². The Morgan fingerprint density at radius 2 is 1.90 bits per heavy atom. The van der Waals surface area contributed by atoms with Gasteiger partial charge in [0.1, 0.15) is 5.78 Å². The molecule has 1 N–H and O–H groups in total. The number of carbonyl (C=O) groups is 1. The van der Waals surface area contributed by atoms with Crippen molar-refractivity contribution in [1.82, 2.24) is 20.1 Å². The second-order valence-electron chi connectivity index (χ2n) is 9.48. The highest BCUT2D eigenvalue weighted by Gasteiger charge is 2.27. The number of rotatable bonds is 5. The fraction of sp³-hybridized carbons (Fsp3) is 0.458. The van der Waals surface area contributed by atoms with E-state index in [-0.39, 0.29) is 5.92 Å². The molecule has 0 bridgehead atoms. The molecule has 1 aromatic carbocycles. The molecule has 5 nitrogen and oxygen atoms in total. The Labute approximate surface area is 172 Å². The second-order valence-corrected chi connectivity index (χ2v) is 9.48. The van der Waals surface area contributed by atoms with Crippen LogP contribution in [0.3, 0.4) is 0 Å². The van der Waals surface area contributed by atoms with Gasteiger partial charge in [-0.25, -0.2) is 0 Å². The van der Waals surface area contributed by atoms with Crippen molar-refractivity contribution < 1.29 is 4.79 Å². The molecule has 1 aliphatic rings. The van der Waals surface area contributed by atoms with Gasteiger partial charge < -0.3 is 4.90 Å². The summed E-state index contributed by atoms with van der Waals surface area (Å²) in [5, 5.41) is 9.08. The molecule has 3 heterocycles. The van der Waals surface area contributed by atoms with E-state index in [1.54, 1.807) is 0 Å². The number of ketones is 1. The Bertz CT molecular complexity index is 980. The summed E-state index contributed by atoms with van der Waals surface area (Å²) in [6.45, 7) is 9.95.